The summed E-state index contributed by atoms with van der Waals surface area (Å²) in [6, 6.07) is 7.95. The molecule has 0 aliphatic carbocycles. The number of rotatable bonds is 7. The van der Waals surface area contributed by atoms with Gasteiger partial charge >= 0.3 is 0 Å². The Labute approximate surface area is 110 Å². The minimum atomic E-state index is -0.744. The van der Waals surface area contributed by atoms with Gasteiger partial charge < -0.3 is 14.6 Å². The van der Waals surface area contributed by atoms with Crippen LogP contribution in [0.25, 0.3) is 0 Å². The summed E-state index contributed by atoms with van der Waals surface area (Å²) in [7, 11) is 0. The molecule has 1 rings (SSSR count). The molecule has 0 aromatic heterocycles. The fourth-order valence-electron chi connectivity index (χ4n) is 1.79. The summed E-state index contributed by atoms with van der Waals surface area (Å²) >= 11 is 0. The third-order valence-corrected chi connectivity index (χ3v) is 2.86. The van der Waals surface area contributed by atoms with E-state index in [1.807, 2.05) is 38.1 Å². The first kappa shape index (κ1) is 15.2. The lowest BCUT2D eigenvalue weighted by Crippen LogP contribution is -2.25. The van der Waals surface area contributed by atoms with Gasteiger partial charge in [0.2, 0.25) is 0 Å². The second-order valence-corrected chi connectivity index (χ2v) is 4.55. The van der Waals surface area contributed by atoms with Gasteiger partial charge in [-0.2, -0.15) is 0 Å². The Hall–Kier alpha value is -0.900. The maximum absolute atomic E-state index is 10.2. The lowest BCUT2D eigenvalue weighted by atomic mass is 10.00. The smallest absolute Gasteiger partial charge is 0.187 e. The van der Waals surface area contributed by atoms with E-state index in [0.29, 0.717) is 19.1 Å². The minimum Gasteiger partial charge on any atom is -0.383 e. The van der Waals surface area contributed by atoms with E-state index in [9.17, 15) is 5.11 Å². The van der Waals surface area contributed by atoms with Crippen LogP contribution in [0.2, 0.25) is 0 Å². The van der Waals surface area contributed by atoms with Crippen LogP contribution in [0, 0.1) is 0 Å². The Kier molecular flexibility index (Phi) is 6.33. The van der Waals surface area contributed by atoms with Gasteiger partial charge in [-0.15, -0.1) is 0 Å². The van der Waals surface area contributed by atoms with E-state index in [-0.39, 0.29) is 0 Å². The van der Waals surface area contributed by atoms with Crippen LogP contribution in [-0.2, 0) is 9.47 Å². The normalized spacial score (nSPS) is 13.3. The molecule has 18 heavy (non-hydrogen) atoms. The molecule has 0 spiro atoms. The molecule has 0 heterocycles. The van der Waals surface area contributed by atoms with Crippen LogP contribution >= 0.6 is 0 Å². The first-order valence-corrected chi connectivity index (χ1v) is 6.61. The van der Waals surface area contributed by atoms with Gasteiger partial charge in [0, 0.05) is 13.2 Å². The SMILES string of the molecule is CCOC(OCC)C(O)c1ccc(C(C)C)cc1. The number of ether oxygens (including phenoxy) is 2. The van der Waals surface area contributed by atoms with Crippen molar-refractivity contribution >= 4 is 0 Å². The minimum absolute atomic E-state index is 0.491. The molecule has 1 unspecified atom stereocenters. The Balaban J connectivity index is 2.77. The Bertz CT molecular complexity index is 326. The van der Waals surface area contributed by atoms with Crippen LogP contribution in [0.5, 0.6) is 0 Å². The molecule has 3 heteroatoms. The zero-order valence-corrected chi connectivity index (χ0v) is 11.7. The summed E-state index contributed by atoms with van der Waals surface area (Å²) in [6.45, 7) is 9.11. The number of aliphatic hydroxyl groups excluding tert-OH is 1. The second-order valence-electron chi connectivity index (χ2n) is 4.55. The molecule has 0 bridgehead atoms. The van der Waals surface area contributed by atoms with Gasteiger partial charge in [0.15, 0.2) is 6.29 Å². The summed E-state index contributed by atoms with van der Waals surface area (Å²) in [6.07, 6.45) is -1.34. The molecule has 1 aromatic rings. The van der Waals surface area contributed by atoms with Crippen LogP contribution in [0.1, 0.15) is 50.8 Å². The zero-order chi connectivity index (χ0) is 13.5. The van der Waals surface area contributed by atoms with Crippen molar-refractivity contribution in [3.05, 3.63) is 35.4 Å². The van der Waals surface area contributed by atoms with Crippen molar-refractivity contribution in [1.82, 2.24) is 0 Å². The predicted octanol–water partition coefficient (Wildman–Crippen LogP) is 3.24. The van der Waals surface area contributed by atoms with E-state index >= 15 is 0 Å². The Morgan fingerprint density at radius 2 is 1.39 bits per heavy atom. The molecule has 1 N–H and O–H groups in total. The summed E-state index contributed by atoms with van der Waals surface area (Å²) in [5, 5.41) is 10.2. The number of aliphatic hydroxyl groups is 1. The fourth-order valence-corrected chi connectivity index (χ4v) is 1.79. The highest BCUT2D eigenvalue weighted by molar-refractivity contribution is 5.26. The molecule has 0 fully saturated rings. The molecule has 0 aliphatic rings. The van der Waals surface area contributed by atoms with Crippen molar-refractivity contribution in [2.24, 2.45) is 0 Å². The molecule has 1 atom stereocenters. The van der Waals surface area contributed by atoms with E-state index in [0.717, 1.165) is 5.56 Å². The van der Waals surface area contributed by atoms with E-state index in [2.05, 4.69) is 13.8 Å². The molecule has 0 amide bonds. The van der Waals surface area contributed by atoms with Crippen molar-refractivity contribution in [3.63, 3.8) is 0 Å². The third kappa shape index (κ3) is 4.09. The molecule has 102 valence electrons. The number of hydrogen-bond acceptors (Lipinski definition) is 3. The van der Waals surface area contributed by atoms with Gasteiger partial charge in [0.25, 0.3) is 0 Å². The summed E-state index contributed by atoms with van der Waals surface area (Å²) in [5.41, 5.74) is 2.08. The molecule has 3 nitrogen and oxygen atoms in total. The topological polar surface area (TPSA) is 38.7 Å². The highest BCUT2D eigenvalue weighted by atomic mass is 16.7. The van der Waals surface area contributed by atoms with E-state index in [4.69, 9.17) is 9.47 Å². The molecule has 0 saturated carbocycles. The first-order valence-electron chi connectivity index (χ1n) is 6.61. The van der Waals surface area contributed by atoms with Crippen LogP contribution < -0.4 is 0 Å². The van der Waals surface area contributed by atoms with Gasteiger partial charge in [0.1, 0.15) is 6.10 Å². The summed E-state index contributed by atoms with van der Waals surface area (Å²) in [4.78, 5) is 0. The molecule has 1 aromatic carbocycles. The maximum Gasteiger partial charge on any atom is 0.187 e. The lowest BCUT2D eigenvalue weighted by Gasteiger charge is -2.23. The van der Waals surface area contributed by atoms with Crippen LogP contribution in [0.4, 0.5) is 0 Å². The van der Waals surface area contributed by atoms with Crippen LogP contribution in [-0.4, -0.2) is 24.6 Å². The Morgan fingerprint density at radius 1 is 0.944 bits per heavy atom. The van der Waals surface area contributed by atoms with Crippen LogP contribution in [0.15, 0.2) is 24.3 Å². The van der Waals surface area contributed by atoms with E-state index in [1.54, 1.807) is 0 Å². The van der Waals surface area contributed by atoms with Gasteiger partial charge in [0.05, 0.1) is 0 Å². The van der Waals surface area contributed by atoms with Gasteiger partial charge in [-0.05, 0) is 30.9 Å². The van der Waals surface area contributed by atoms with Crippen molar-refractivity contribution in [1.29, 1.82) is 0 Å². The van der Waals surface area contributed by atoms with E-state index in [1.165, 1.54) is 5.56 Å². The first-order chi connectivity index (χ1) is 8.60. The van der Waals surface area contributed by atoms with E-state index < -0.39 is 12.4 Å². The average Bonchev–Trinajstić information content (AvgIpc) is 2.38. The standard InChI is InChI=1S/C15H24O3/c1-5-17-15(18-6-2)14(16)13-9-7-12(8-10-13)11(3)4/h7-11,14-16H,5-6H2,1-4H3. The predicted molar refractivity (Wildman–Crippen MR) is 72.5 cm³/mol. The van der Waals surface area contributed by atoms with Gasteiger partial charge in [-0.1, -0.05) is 38.1 Å². The molecule has 0 saturated heterocycles. The quantitative estimate of drug-likeness (QED) is 0.757. The summed E-state index contributed by atoms with van der Waals surface area (Å²) < 4.78 is 10.8. The third-order valence-electron chi connectivity index (χ3n) is 2.86. The van der Waals surface area contributed by atoms with Crippen molar-refractivity contribution < 1.29 is 14.6 Å². The molecule has 0 radical (unpaired) electrons. The van der Waals surface area contributed by atoms with Gasteiger partial charge in [-0.3, -0.25) is 0 Å². The van der Waals surface area contributed by atoms with Crippen molar-refractivity contribution in [3.8, 4) is 0 Å². The second kappa shape index (κ2) is 7.52. The molecular formula is C15H24O3. The maximum atomic E-state index is 10.2. The zero-order valence-electron chi connectivity index (χ0n) is 11.7. The Morgan fingerprint density at radius 3 is 1.78 bits per heavy atom. The lowest BCUT2D eigenvalue weighted by molar-refractivity contribution is -0.191. The molecule has 0 aliphatic heterocycles. The highest BCUT2D eigenvalue weighted by Gasteiger charge is 2.21. The molecular weight excluding hydrogens is 228 g/mol. The van der Waals surface area contributed by atoms with Crippen molar-refractivity contribution in [2.45, 2.75) is 46.0 Å². The van der Waals surface area contributed by atoms with Crippen LogP contribution in [0.3, 0.4) is 0 Å². The number of benzene rings is 1. The highest BCUT2D eigenvalue weighted by Crippen LogP contribution is 2.23. The van der Waals surface area contributed by atoms with Gasteiger partial charge in [-0.25, -0.2) is 0 Å². The summed E-state index contributed by atoms with van der Waals surface area (Å²) in [5.74, 6) is 0.491. The van der Waals surface area contributed by atoms with Crippen molar-refractivity contribution in [2.75, 3.05) is 13.2 Å². The fraction of sp³-hybridized carbons (Fsp3) is 0.600. The average molecular weight is 252 g/mol. The monoisotopic (exact) mass is 252 g/mol. The largest absolute Gasteiger partial charge is 0.383 e. The number of hydrogen-bond donors (Lipinski definition) is 1.